The molecule has 176 valence electrons. The Morgan fingerprint density at radius 3 is 1.97 bits per heavy atom. The summed E-state index contributed by atoms with van der Waals surface area (Å²) in [6.07, 6.45) is 3.10. The highest BCUT2D eigenvalue weighted by Crippen LogP contribution is 2.35. The molecule has 0 aromatic heterocycles. The van der Waals surface area contributed by atoms with Gasteiger partial charge in [-0.3, -0.25) is 4.79 Å². The Morgan fingerprint density at radius 1 is 0.771 bits per heavy atom. The van der Waals surface area contributed by atoms with Gasteiger partial charge in [-0.05, 0) is 34.9 Å². The van der Waals surface area contributed by atoms with Gasteiger partial charge < -0.3 is 19.3 Å². The van der Waals surface area contributed by atoms with Gasteiger partial charge in [0, 0.05) is 12.1 Å². The summed E-state index contributed by atoms with van der Waals surface area (Å²) in [4.78, 5) is 13.1. The van der Waals surface area contributed by atoms with Crippen LogP contribution in [-0.4, -0.2) is 18.0 Å². The van der Waals surface area contributed by atoms with Crippen LogP contribution in [0.5, 0.6) is 23.0 Å². The normalized spacial score (nSPS) is 10.8. The molecule has 0 aliphatic heterocycles. The highest BCUT2D eigenvalue weighted by molar-refractivity contribution is 6.10. The third-order valence-corrected chi connectivity index (χ3v) is 5.33. The summed E-state index contributed by atoms with van der Waals surface area (Å²) < 4.78 is 17.0. The van der Waals surface area contributed by atoms with Crippen molar-refractivity contribution in [1.82, 2.24) is 0 Å². The molecule has 0 bridgehead atoms. The molecule has 35 heavy (non-hydrogen) atoms. The van der Waals surface area contributed by atoms with Gasteiger partial charge in [0.15, 0.2) is 5.78 Å². The van der Waals surface area contributed by atoms with Crippen molar-refractivity contribution in [3.63, 3.8) is 0 Å². The standard InChI is InChI=1S/C30H26O5/c1-33-25-15-12-22(13-16-25)14-17-27(31)30-28(32)18-26(34-20-23-8-4-2-5-9-23)19-29(30)35-21-24-10-6-3-7-11-24/h2-19,32H,20-21H2,1H3. The second kappa shape index (κ2) is 11.6. The van der Waals surface area contributed by atoms with Crippen molar-refractivity contribution in [2.24, 2.45) is 0 Å². The molecular weight excluding hydrogens is 440 g/mol. The molecule has 0 heterocycles. The van der Waals surface area contributed by atoms with Gasteiger partial charge in [0.2, 0.25) is 0 Å². The van der Waals surface area contributed by atoms with E-state index >= 15 is 0 Å². The summed E-state index contributed by atoms with van der Waals surface area (Å²) in [7, 11) is 1.60. The largest absolute Gasteiger partial charge is 0.507 e. The predicted octanol–water partition coefficient (Wildman–Crippen LogP) is 6.45. The fourth-order valence-electron chi connectivity index (χ4n) is 3.47. The summed E-state index contributed by atoms with van der Waals surface area (Å²) in [5, 5.41) is 10.8. The zero-order chi connectivity index (χ0) is 24.5. The molecule has 0 fully saturated rings. The van der Waals surface area contributed by atoms with Crippen molar-refractivity contribution in [1.29, 1.82) is 0 Å². The second-order valence-corrected chi connectivity index (χ2v) is 7.83. The molecule has 0 aliphatic rings. The second-order valence-electron chi connectivity index (χ2n) is 7.83. The maximum absolute atomic E-state index is 13.1. The summed E-state index contributed by atoms with van der Waals surface area (Å²) in [6, 6.07) is 29.7. The first-order valence-corrected chi connectivity index (χ1v) is 11.2. The van der Waals surface area contributed by atoms with Crippen molar-refractivity contribution in [3.8, 4) is 23.0 Å². The van der Waals surface area contributed by atoms with E-state index in [-0.39, 0.29) is 29.5 Å². The molecule has 5 nitrogen and oxygen atoms in total. The van der Waals surface area contributed by atoms with Gasteiger partial charge in [-0.15, -0.1) is 0 Å². The zero-order valence-electron chi connectivity index (χ0n) is 19.4. The Hall–Kier alpha value is -4.51. The number of benzene rings is 4. The quantitative estimate of drug-likeness (QED) is 0.215. The van der Waals surface area contributed by atoms with E-state index in [1.807, 2.05) is 84.9 Å². The number of methoxy groups -OCH3 is 1. The van der Waals surface area contributed by atoms with Crippen LogP contribution in [0.1, 0.15) is 27.0 Å². The molecule has 0 atom stereocenters. The van der Waals surface area contributed by atoms with Crippen LogP contribution >= 0.6 is 0 Å². The molecule has 0 amide bonds. The molecule has 0 radical (unpaired) electrons. The Labute approximate surface area is 204 Å². The molecule has 0 spiro atoms. The van der Waals surface area contributed by atoms with E-state index in [9.17, 15) is 9.90 Å². The minimum atomic E-state index is -0.379. The Bertz CT molecular complexity index is 1280. The number of rotatable bonds is 10. The molecule has 1 N–H and O–H groups in total. The number of allylic oxidation sites excluding steroid dienone is 1. The maximum atomic E-state index is 13.1. The first-order valence-electron chi connectivity index (χ1n) is 11.2. The van der Waals surface area contributed by atoms with Gasteiger partial charge in [-0.1, -0.05) is 78.9 Å². The van der Waals surface area contributed by atoms with E-state index in [1.54, 1.807) is 19.3 Å². The van der Waals surface area contributed by atoms with Crippen LogP contribution in [0, 0.1) is 0 Å². The molecule has 4 rings (SSSR count). The van der Waals surface area contributed by atoms with Gasteiger partial charge in [0.25, 0.3) is 0 Å². The SMILES string of the molecule is COc1ccc(C=CC(=O)c2c(O)cc(OCc3ccccc3)cc2OCc2ccccc2)cc1. The predicted molar refractivity (Wildman–Crippen MR) is 136 cm³/mol. The van der Waals surface area contributed by atoms with Crippen LogP contribution in [0.2, 0.25) is 0 Å². The fourth-order valence-corrected chi connectivity index (χ4v) is 3.47. The first-order chi connectivity index (χ1) is 17.1. The van der Waals surface area contributed by atoms with Gasteiger partial charge in [-0.2, -0.15) is 0 Å². The van der Waals surface area contributed by atoms with Crippen molar-refractivity contribution in [2.75, 3.05) is 7.11 Å². The monoisotopic (exact) mass is 466 g/mol. The number of phenolic OH excluding ortho intramolecular Hbond substituents is 1. The average molecular weight is 467 g/mol. The van der Waals surface area contributed by atoms with Crippen molar-refractivity contribution in [3.05, 3.63) is 125 Å². The van der Waals surface area contributed by atoms with Crippen LogP contribution in [0.4, 0.5) is 0 Å². The summed E-state index contributed by atoms with van der Waals surface area (Å²) in [5.41, 5.74) is 2.84. The molecule has 0 aliphatic carbocycles. The molecule has 0 saturated heterocycles. The number of aromatic hydroxyl groups is 1. The average Bonchev–Trinajstić information content (AvgIpc) is 2.90. The lowest BCUT2D eigenvalue weighted by Gasteiger charge is -2.14. The van der Waals surface area contributed by atoms with Crippen LogP contribution in [0.3, 0.4) is 0 Å². The fraction of sp³-hybridized carbons (Fsp3) is 0.100. The maximum Gasteiger partial charge on any atom is 0.193 e. The molecular formula is C30H26O5. The highest BCUT2D eigenvalue weighted by atomic mass is 16.5. The molecule has 4 aromatic rings. The van der Waals surface area contributed by atoms with Crippen LogP contribution in [-0.2, 0) is 13.2 Å². The van der Waals surface area contributed by atoms with Gasteiger partial charge in [0.05, 0.1) is 7.11 Å². The lowest BCUT2D eigenvalue weighted by molar-refractivity contribution is 0.104. The van der Waals surface area contributed by atoms with E-state index in [0.29, 0.717) is 12.4 Å². The summed E-state index contributed by atoms with van der Waals surface area (Å²) in [6.45, 7) is 0.563. The Morgan fingerprint density at radius 2 is 1.37 bits per heavy atom. The van der Waals surface area contributed by atoms with E-state index in [4.69, 9.17) is 14.2 Å². The van der Waals surface area contributed by atoms with E-state index in [0.717, 1.165) is 22.4 Å². The van der Waals surface area contributed by atoms with Crippen molar-refractivity contribution < 1.29 is 24.1 Å². The van der Waals surface area contributed by atoms with Gasteiger partial charge in [-0.25, -0.2) is 0 Å². The molecule has 0 unspecified atom stereocenters. The number of carbonyl (C=O) groups excluding carboxylic acids is 1. The summed E-state index contributed by atoms with van der Waals surface area (Å²) in [5.74, 6) is 0.805. The number of phenols is 1. The van der Waals surface area contributed by atoms with E-state index < -0.39 is 0 Å². The lowest BCUT2D eigenvalue weighted by Crippen LogP contribution is -2.04. The van der Waals surface area contributed by atoms with Crippen molar-refractivity contribution >= 4 is 11.9 Å². The lowest BCUT2D eigenvalue weighted by atomic mass is 10.1. The van der Waals surface area contributed by atoms with Gasteiger partial charge >= 0.3 is 0 Å². The Balaban J connectivity index is 1.58. The van der Waals surface area contributed by atoms with Crippen LogP contribution in [0.25, 0.3) is 6.08 Å². The Kier molecular flexibility index (Phi) is 7.81. The number of hydrogen-bond donors (Lipinski definition) is 1. The first kappa shape index (κ1) is 23.6. The minimum Gasteiger partial charge on any atom is -0.507 e. The summed E-state index contributed by atoms with van der Waals surface area (Å²) >= 11 is 0. The number of hydrogen-bond acceptors (Lipinski definition) is 5. The number of ether oxygens (including phenoxy) is 3. The third kappa shape index (κ3) is 6.51. The highest BCUT2D eigenvalue weighted by Gasteiger charge is 2.18. The molecule has 4 aromatic carbocycles. The van der Waals surface area contributed by atoms with Gasteiger partial charge in [0.1, 0.15) is 41.8 Å². The topological polar surface area (TPSA) is 65.0 Å². The van der Waals surface area contributed by atoms with E-state index in [1.165, 1.54) is 12.1 Å². The van der Waals surface area contributed by atoms with Crippen LogP contribution < -0.4 is 14.2 Å². The molecule has 0 saturated carbocycles. The van der Waals surface area contributed by atoms with E-state index in [2.05, 4.69) is 0 Å². The smallest absolute Gasteiger partial charge is 0.193 e. The number of ketones is 1. The third-order valence-electron chi connectivity index (χ3n) is 5.33. The van der Waals surface area contributed by atoms with Crippen LogP contribution in [0.15, 0.2) is 103 Å². The van der Waals surface area contributed by atoms with Crippen molar-refractivity contribution in [2.45, 2.75) is 13.2 Å². The minimum absolute atomic E-state index is 0.0813. The number of carbonyl (C=O) groups is 1. The zero-order valence-corrected chi connectivity index (χ0v) is 19.4. The molecule has 5 heteroatoms.